The van der Waals surface area contributed by atoms with Gasteiger partial charge in [-0.15, -0.1) is 0 Å². The molecule has 0 aromatic heterocycles. The molecule has 2 rings (SSSR count). The monoisotopic (exact) mass is 737 g/mol. The number of ether oxygens (including phenoxy) is 2. The van der Waals surface area contributed by atoms with Crippen molar-refractivity contribution < 1.29 is 38.7 Å². The van der Waals surface area contributed by atoms with Crippen LogP contribution in [0.4, 0.5) is 0 Å². The Morgan fingerprint density at radius 2 is 1.63 bits per heavy atom. The summed E-state index contributed by atoms with van der Waals surface area (Å²) in [6, 6.07) is 8.48. The van der Waals surface area contributed by atoms with Crippen molar-refractivity contribution in [1.29, 1.82) is 0 Å². The van der Waals surface area contributed by atoms with Gasteiger partial charge in [0.1, 0.15) is 12.3 Å². The Morgan fingerprint density at radius 1 is 1.02 bits per heavy atom. The number of likely N-dealkylation sites (N-methyl/N-ethyl adjacent to an activating group) is 3. The molecule has 0 spiro atoms. The SMILES string of the molecule is CCC.CCC(C)C(C(CC=O)OC)N(C)C(=O)CNC(=O)CN(C)C.COC(C(C)C(=O)NC(Cc1ccccc1)C(=O)NO)C1CCCN1C. The van der Waals surface area contributed by atoms with Crippen LogP contribution in [0.15, 0.2) is 30.3 Å². The van der Waals surface area contributed by atoms with Gasteiger partial charge in [0.2, 0.25) is 17.7 Å². The van der Waals surface area contributed by atoms with Crippen LogP contribution in [0.3, 0.4) is 0 Å². The number of hydroxylamine groups is 1. The maximum absolute atomic E-state index is 12.8. The third-order valence-electron chi connectivity index (χ3n) is 9.14. The Labute approximate surface area is 312 Å². The minimum Gasteiger partial charge on any atom is -0.379 e. The van der Waals surface area contributed by atoms with Crippen LogP contribution in [0, 0.1) is 11.8 Å². The average Bonchev–Trinajstić information content (AvgIpc) is 3.55. The van der Waals surface area contributed by atoms with Crippen molar-refractivity contribution in [3.05, 3.63) is 35.9 Å². The molecular formula is C38H68N6O8. The van der Waals surface area contributed by atoms with Gasteiger partial charge in [0, 0.05) is 40.2 Å². The van der Waals surface area contributed by atoms with E-state index in [0.717, 1.165) is 37.7 Å². The Morgan fingerprint density at radius 3 is 2.10 bits per heavy atom. The molecule has 1 saturated heterocycles. The topological polar surface area (TPSA) is 170 Å². The lowest BCUT2D eigenvalue weighted by Crippen LogP contribution is -2.52. The molecule has 0 saturated carbocycles. The number of methoxy groups -OCH3 is 2. The highest BCUT2D eigenvalue weighted by molar-refractivity contribution is 5.88. The van der Waals surface area contributed by atoms with E-state index in [1.165, 1.54) is 6.42 Å². The molecular weight excluding hydrogens is 668 g/mol. The van der Waals surface area contributed by atoms with Gasteiger partial charge in [0.05, 0.1) is 37.3 Å². The number of nitrogens with zero attached hydrogens (tertiary/aromatic N) is 3. The van der Waals surface area contributed by atoms with Gasteiger partial charge in [0.25, 0.3) is 5.91 Å². The van der Waals surface area contributed by atoms with E-state index in [4.69, 9.17) is 14.7 Å². The molecule has 14 nitrogen and oxygen atoms in total. The summed E-state index contributed by atoms with van der Waals surface area (Å²) >= 11 is 0. The van der Waals surface area contributed by atoms with Crippen molar-refractivity contribution in [2.75, 3.05) is 62.0 Å². The molecule has 0 bridgehead atoms. The summed E-state index contributed by atoms with van der Waals surface area (Å²) in [5, 5.41) is 14.4. The number of amides is 4. The molecule has 1 aliphatic rings. The van der Waals surface area contributed by atoms with Gasteiger partial charge < -0.3 is 39.6 Å². The molecule has 1 fully saturated rings. The van der Waals surface area contributed by atoms with Gasteiger partial charge in [-0.3, -0.25) is 24.4 Å². The van der Waals surface area contributed by atoms with E-state index < -0.39 is 17.9 Å². The third kappa shape index (κ3) is 17.4. The Hall–Kier alpha value is -3.43. The predicted molar refractivity (Wildman–Crippen MR) is 203 cm³/mol. The van der Waals surface area contributed by atoms with Crippen LogP contribution in [0.5, 0.6) is 0 Å². The summed E-state index contributed by atoms with van der Waals surface area (Å²) in [5.74, 6) is -1.55. The molecule has 1 aromatic rings. The van der Waals surface area contributed by atoms with Gasteiger partial charge in [-0.05, 0) is 52.0 Å². The number of aldehydes is 1. The van der Waals surface area contributed by atoms with E-state index in [2.05, 4.69) is 29.4 Å². The number of hydrogen-bond acceptors (Lipinski definition) is 10. The molecule has 0 aliphatic carbocycles. The minimum absolute atomic E-state index is 0.0619. The van der Waals surface area contributed by atoms with Crippen molar-refractivity contribution in [3.8, 4) is 0 Å². The zero-order chi connectivity index (χ0) is 39.8. The summed E-state index contributed by atoms with van der Waals surface area (Å²) in [7, 11) is 10.5. The van der Waals surface area contributed by atoms with Crippen LogP contribution >= 0.6 is 0 Å². The normalized spacial score (nSPS) is 17.4. The van der Waals surface area contributed by atoms with E-state index >= 15 is 0 Å². The first-order valence-electron chi connectivity index (χ1n) is 18.3. The second-order valence-electron chi connectivity index (χ2n) is 13.7. The number of nitrogens with one attached hydrogen (secondary N) is 3. The largest absolute Gasteiger partial charge is 0.379 e. The second-order valence-corrected chi connectivity index (χ2v) is 13.7. The molecule has 7 atom stereocenters. The fourth-order valence-corrected chi connectivity index (χ4v) is 6.15. The molecule has 7 unspecified atom stereocenters. The highest BCUT2D eigenvalue weighted by Gasteiger charge is 2.37. The summed E-state index contributed by atoms with van der Waals surface area (Å²) in [4.78, 5) is 65.2. The second kappa shape index (κ2) is 27.2. The molecule has 1 heterocycles. The number of carbonyl (C=O) groups is 5. The Kier molecular flexibility index (Phi) is 25.4. The molecule has 14 heteroatoms. The van der Waals surface area contributed by atoms with Gasteiger partial charge >= 0.3 is 0 Å². The van der Waals surface area contributed by atoms with Crippen LogP contribution in [0.2, 0.25) is 0 Å². The van der Waals surface area contributed by atoms with Gasteiger partial charge in [-0.1, -0.05) is 77.8 Å². The van der Waals surface area contributed by atoms with Crippen molar-refractivity contribution in [2.24, 2.45) is 11.8 Å². The van der Waals surface area contributed by atoms with Crippen molar-refractivity contribution >= 4 is 29.9 Å². The zero-order valence-corrected chi connectivity index (χ0v) is 33.5. The zero-order valence-electron chi connectivity index (χ0n) is 33.5. The fraction of sp³-hybridized carbons (Fsp3) is 0.711. The maximum Gasteiger partial charge on any atom is 0.266 e. The minimum atomic E-state index is -0.851. The lowest BCUT2D eigenvalue weighted by Gasteiger charge is -2.37. The van der Waals surface area contributed by atoms with Crippen molar-refractivity contribution in [2.45, 2.75) is 103 Å². The number of hydrogen-bond donors (Lipinski definition) is 4. The number of rotatable bonds is 19. The molecule has 4 amide bonds. The standard InChI is InChI=1S/C19H29N3O4.C16H31N3O4.C3H8/c1-13(17(26-3)16-10-7-11-22(16)2)18(23)20-15(19(24)21-25)12-14-8-5-4-6-9-14;1-7-12(2)16(13(23-6)8-9-20)19(5)15(22)10-17-14(21)11-18(3)4;1-3-2/h4-6,8-9,13,15-17,25H,7,10-12H2,1-3H3,(H,20,23)(H,21,24);9,12-13,16H,7-8,10-11H2,1-6H3,(H,17,21);3H2,1-2H3. The number of likely N-dealkylation sites (tertiary alicyclic amines) is 1. The first kappa shape index (κ1) is 48.6. The van der Waals surface area contributed by atoms with E-state index in [1.54, 1.807) is 50.6 Å². The fourth-order valence-electron chi connectivity index (χ4n) is 6.15. The summed E-state index contributed by atoms with van der Waals surface area (Å²) in [6.45, 7) is 11.3. The first-order valence-corrected chi connectivity index (χ1v) is 18.3. The number of carbonyl (C=O) groups excluding carboxylic acids is 5. The molecule has 52 heavy (non-hydrogen) atoms. The molecule has 1 aromatic carbocycles. The van der Waals surface area contributed by atoms with Gasteiger partial charge in [-0.25, -0.2) is 5.48 Å². The first-order chi connectivity index (χ1) is 24.7. The van der Waals surface area contributed by atoms with Crippen LogP contribution in [0.25, 0.3) is 0 Å². The molecule has 298 valence electrons. The summed E-state index contributed by atoms with van der Waals surface area (Å²) in [6.07, 6.45) is 4.90. The third-order valence-corrected chi connectivity index (χ3v) is 9.14. The van der Waals surface area contributed by atoms with E-state index in [-0.39, 0.29) is 67.4 Å². The van der Waals surface area contributed by atoms with Crippen LogP contribution in [-0.2, 0) is 39.9 Å². The molecule has 4 N–H and O–H groups in total. The molecule has 0 radical (unpaired) electrons. The summed E-state index contributed by atoms with van der Waals surface area (Å²) in [5.41, 5.74) is 2.54. The Balaban J connectivity index is 0.000000937. The van der Waals surface area contributed by atoms with Crippen LogP contribution in [0.1, 0.15) is 72.3 Å². The lowest BCUT2D eigenvalue weighted by molar-refractivity contribution is -0.138. The maximum atomic E-state index is 12.8. The molecule has 1 aliphatic heterocycles. The number of benzene rings is 1. The highest BCUT2D eigenvalue weighted by Crippen LogP contribution is 2.25. The van der Waals surface area contributed by atoms with E-state index in [9.17, 15) is 24.0 Å². The van der Waals surface area contributed by atoms with Crippen molar-refractivity contribution in [3.63, 3.8) is 0 Å². The smallest absolute Gasteiger partial charge is 0.266 e. The van der Waals surface area contributed by atoms with Crippen LogP contribution in [-0.4, -0.2) is 142 Å². The van der Waals surface area contributed by atoms with Crippen LogP contribution < -0.4 is 16.1 Å². The van der Waals surface area contributed by atoms with Crippen molar-refractivity contribution in [1.82, 2.24) is 30.8 Å². The quantitative estimate of drug-likeness (QED) is 0.0941. The average molecular weight is 737 g/mol. The van der Waals surface area contributed by atoms with E-state index in [0.29, 0.717) is 6.42 Å². The van der Waals surface area contributed by atoms with E-state index in [1.807, 2.05) is 58.2 Å². The highest BCUT2D eigenvalue weighted by atomic mass is 16.5. The summed E-state index contributed by atoms with van der Waals surface area (Å²) < 4.78 is 11.0. The predicted octanol–water partition coefficient (Wildman–Crippen LogP) is 2.52. The van der Waals surface area contributed by atoms with Gasteiger partial charge in [-0.2, -0.15) is 0 Å². The lowest BCUT2D eigenvalue weighted by atomic mass is 9.91. The Bertz CT molecular complexity index is 1170. The van der Waals surface area contributed by atoms with Gasteiger partial charge in [0.15, 0.2) is 0 Å².